The van der Waals surface area contributed by atoms with Crippen LogP contribution in [0.15, 0.2) is 42.5 Å². The number of halogens is 3. The fraction of sp³-hybridized carbons (Fsp3) is 0.458. The number of aryl methyl sites for hydroxylation is 1. The Balaban J connectivity index is 1.50. The van der Waals surface area contributed by atoms with E-state index >= 15 is 0 Å². The summed E-state index contributed by atoms with van der Waals surface area (Å²) in [5.74, 6) is -0.461. The number of hydrogen-bond donors (Lipinski definition) is 1. The molecule has 1 saturated heterocycles. The van der Waals surface area contributed by atoms with Gasteiger partial charge in [-0.15, -0.1) is 0 Å². The summed E-state index contributed by atoms with van der Waals surface area (Å²) in [4.78, 5) is 15.9. The van der Waals surface area contributed by atoms with Crippen molar-refractivity contribution < 1.29 is 27.8 Å². The maximum absolute atomic E-state index is 12.7. The highest BCUT2D eigenvalue weighted by Gasteiger charge is 2.31. The Bertz CT molecular complexity index is 934. The van der Waals surface area contributed by atoms with Gasteiger partial charge in [0, 0.05) is 39.3 Å². The summed E-state index contributed by atoms with van der Waals surface area (Å²) in [6, 6.07) is 11.2. The molecule has 0 spiro atoms. The van der Waals surface area contributed by atoms with Crippen LogP contribution in [0.3, 0.4) is 0 Å². The first kappa shape index (κ1) is 24.1. The summed E-state index contributed by atoms with van der Waals surface area (Å²) in [6.45, 7) is 9.77. The molecule has 1 N–H and O–H groups in total. The topological polar surface area (TPSA) is 53.0 Å². The van der Waals surface area contributed by atoms with Crippen LogP contribution in [0.4, 0.5) is 13.2 Å². The van der Waals surface area contributed by atoms with Crippen LogP contribution in [0.5, 0.6) is 5.75 Å². The lowest BCUT2D eigenvalue weighted by atomic mass is 10.1. The molecule has 0 bridgehead atoms. The highest BCUT2D eigenvalue weighted by Crippen LogP contribution is 2.29. The molecule has 32 heavy (non-hydrogen) atoms. The van der Waals surface area contributed by atoms with E-state index in [9.17, 15) is 23.1 Å². The van der Waals surface area contributed by atoms with E-state index in [1.165, 1.54) is 13.8 Å². The van der Waals surface area contributed by atoms with Gasteiger partial charge in [-0.1, -0.05) is 24.3 Å². The Morgan fingerprint density at radius 1 is 0.938 bits per heavy atom. The van der Waals surface area contributed by atoms with Crippen LogP contribution in [-0.2, 0) is 24.1 Å². The van der Waals surface area contributed by atoms with E-state index in [-0.39, 0.29) is 0 Å². The van der Waals surface area contributed by atoms with Crippen molar-refractivity contribution >= 4 is 5.97 Å². The average molecular weight is 451 g/mol. The molecular weight excluding hydrogens is 421 g/mol. The first-order valence-electron chi connectivity index (χ1n) is 10.6. The molecule has 0 amide bonds. The number of benzene rings is 2. The van der Waals surface area contributed by atoms with Gasteiger partial charge in [0.15, 0.2) is 5.60 Å². The molecule has 2 aromatic rings. The molecule has 1 aliphatic rings. The van der Waals surface area contributed by atoms with Crippen molar-refractivity contribution in [3.8, 4) is 5.75 Å². The van der Waals surface area contributed by atoms with Crippen LogP contribution in [0, 0.1) is 6.92 Å². The van der Waals surface area contributed by atoms with Crippen LogP contribution < -0.4 is 4.74 Å². The first-order valence-corrected chi connectivity index (χ1v) is 10.6. The second kappa shape index (κ2) is 9.50. The molecule has 3 rings (SSSR count). The molecule has 8 heteroatoms. The summed E-state index contributed by atoms with van der Waals surface area (Å²) in [5, 5.41) is 9.24. The highest BCUT2D eigenvalue weighted by molar-refractivity contribution is 5.76. The SMILES string of the molecule is Cc1cc(CN2CCN(Cc3ccc(C(F)(F)F)cc3)CC2)ccc1OC(C)(C)C(=O)O. The van der Waals surface area contributed by atoms with Crippen molar-refractivity contribution in [3.63, 3.8) is 0 Å². The number of carbonyl (C=O) groups is 1. The lowest BCUT2D eigenvalue weighted by molar-refractivity contribution is -0.152. The normalized spacial score (nSPS) is 16.2. The van der Waals surface area contributed by atoms with Crippen LogP contribution in [0.2, 0.25) is 0 Å². The van der Waals surface area contributed by atoms with Crippen LogP contribution in [0.1, 0.15) is 36.1 Å². The summed E-state index contributed by atoms with van der Waals surface area (Å²) >= 11 is 0. The van der Waals surface area contributed by atoms with Gasteiger partial charge in [0.05, 0.1) is 5.56 Å². The van der Waals surface area contributed by atoms with Gasteiger partial charge < -0.3 is 9.84 Å². The van der Waals surface area contributed by atoms with E-state index in [4.69, 9.17) is 4.74 Å². The van der Waals surface area contributed by atoms with Crippen molar-refractivity contribution in [2.24, 2.45) is 0 Å². The second-order valence-electron chi connectivity index (χ2n) is 8.76. The zero-order valence-corrected chi connectivity index (χ0v) is 18.6. The average Bonchev–Trinajstić information content (AvgIpc) is 2.71. The van der Waals surface area contributed by atoms with E-state index in [0.717, 1.165) is 61.5 Å². The van der Waals surface area contributed by atoms with Gasteiger partial charge in [-0.05, 0) is 55.7 Å². The molecule has 0 radical (unpaired) electrons. The maximum Gasteiger partial charge on any atom is 0.416 e. The molecule has 0 saturated carbocycles. The predicted molar refractivity (Wildman–Crippen MR) is 116 cm³/mol. The molecular formula is C24H29F3N2O3. The summed E-state index contributed by atoms with van der Waals surface area (Å²) in [5.41, 5.74) is 0.971. The van der Waals surface area contributed by atoms with Gasteiger partial charge in [0.25, 0.3) is 0 Å². The Hall–Kier alpha value is -2.58. The number of nitrogens with zero attached hydrogens (tertiary/aromatic N) is 2. The number of ether oxygens (including phenoxy) is 1. The molecule has 1 fully saturated rings. The largest absolute Gasteiger partial charge is 0.478 e. The smallest absolute Gasteiger partial charge is 0.416 e. The summed E-state index contributed by atoms with van der Waals surface area (Å²) in [6.07, 6.45) is -4.31. The minimum absolute atomic E-state index is 0.558. The number of carboxylic acid groups (broad SMARTS) is 1. The van der Waals surface area contributed by atoms with Crippen molar-refractivity contribution in [3.05, 3.63) is 64.7 Å². The van der Waals surface area contributed by atoms with Crippen LogP contribution in [0.25, 0.3) is 0 Å². The number of alkyl halides is 3. The Morgan fingerprint density at radius 3 is 1.91 bits per heavy atom. The molecule has 1 heterocycles. The number of hydrogen-bond acceptors (Lipinski definition) is 4. The zero-order chi connectivity index (χ0) is 23.5. The molecule has 1 aliphatic heterocycles. The van der Waals surface area contributed by atoms with Gasteiger partial charge in [-0.2, -0.15) is 13.2 Å². The number of piperazine rings is 1. The van der Waals surface area contributed by atoms with E-state index in [0.29, 0.717) is 12.3 Å². The molecule has 0 atom stereocenters. The Labute approximate surface area is 186 Å². The van der Waals surface area contributed by atoms with Gasteiger partial charge in [-0.25, -0.2) is 4.79 Å². The fourth-order valence-corrected chi connectivity index (χ4v) is 3.66. The zero-order valence-electron chi connectivity index (χ0n) is 18.6. The van der Waals surface area contributed by atoms with Gasteiger partial charge >= 0.3 is 12.1 Å². The molecule has 5 nitrogen and oxygen atoms in total. The number of carboxylic acids is 1. The van der Waals surface area contributed by atoms with Crippen LogP contribution in [-0.4, -0.2) is 52.7 Å². The molecule has 174 valence electrons. The molecule has 0 aliphatic carbocycles. The van der Waals surface area contributed by atoms with Crippen molar-refractivity contribution in [2.45, 2.75) is 45.6 Å². The predicted octanol–water partition coefficient (Wildman–Crippen LogP) is 4.57. The van der Waals surface area contributed by atoms with E-state index < -0.39 is 23.3 Å². The minimum atomic E-state index is -4.31. The van der Waals surface area contributed by atoms with Gasteiger partial charge in [-0.3, -0.25) is 9.80 Å². The third-order valence-electron chi connectivity index (χ3n) is 5.68. The van der Waals surface area contributed by atoms with E-state index in [1.54, 1.807) is 12.1 Å². The van der Waals surface area contributed by atoms with Crippen molar-refractivity contribution in [2.75, 3.05) is 26.2 Å². The third kappa shape index (κ3) is 6.23. The van der Waals surface area contributed by atoms with Crippen LogP contribution >= 0.6 is 0 Å². The number of aliphatic carboxylic acids is 1. The van der Waals surface area contributed by atoms with Gasteiger partial charge in [0.1, 0.15) is 5.75 Å². The first-order chi connectivity index (χ1) is 14.9. The second-order valence-corrected chi connectivity index (χ2v) is 8.76. The van der Waals surface area contributed by atoms with Crippen molar-refractivity contribution in [1.29, 1.82) is 0 Å². The quantitative estimate of drug-likeness (QED) is 0.670. The maximum atomic E-state index is 12.7. The molecule has 0 aromatic heterocycles. The molecule has 0 unspecified atom stereocenters. The minimum Gasteiger partial charge on any atom is -0.478 e. The van der Waals surface area contributed by atoms with E-state index in [2.05, 4.69) is 9.80 Å². The Kier molecular flexibility index (Phi) is 7.15. The third-order valence-corrected chi connectivity index (χ3v) is 5.68. The lowest BCUT2D eigenvalue weighted by Crippen LogP contribution is -2.45. The van der Waals surface area contributed by atoms with Gasteiger partial charge in [0.2, 0.25) is 0 Å². The Morgan fingerprint density at radius 2 is 1.44 bits per heavy atom. The van der Waals surface area contributed by atoms with Crippen molar-refractivity contribution in [1.82, 2.24) is 9.80 Å². The molecule has 2 aromatic carbocycles. The standard InChI is InChI=1S/C24H29F3N2O3/c1-17-14-19(6-9-21(17)32-23(2,3)22(30)31)16-29-12-10-28(11-13-29)15-18-4-7-20(8-5-18)24(25,26)27/h4-9,14H,10-13,15-16H2,1-3H3,(H,30,31). The number of rotatable bonds is 7. The monoisotopic (exact) mass is 450 g/mol. The highest BCUT2D eigenvalue weighted by atomic mass is 19.4. The fourth-order valence-electron chi connectivity index (χ4n) is 3.66. The summed E-state index contributed by atoms with van der Waals surface area (Å²) < 4.78 is 43.8. The van der Waals surface area contributed by atoms with E-state index in [1.807, 2.05) is 25.1 Å². The summed E-state index contributed by atoms with van der Waals surface area (Å²) in [7, 11) is 0. The lowest BCUT2D eigenvalue weighted by Gasteiger charge is -2.35.